The zero-order valence-corrected chi connectivity index (χ0v) is 10.4. The van der Waals surface area contributed by atoms with Gasteiger partial charge in [0.2, 0.25) is 10.0 Å². The summed E-state index contributed by atoms with van der Waals surface area (Å²) >= 11 is 1.23. The van der Waals surface area contributed by atoms with Gasteiger partial charge in [0.1, 0.15) is 10.4 Å². The van der Waals surface area contributed by atoms with Crippen LogP contribution in [0.1, 0.15) is 0 Å². The first-order valence-corrected chi connectivity index (χ1v) is 7.10. The van der Waals surface area contributed by atoms with Crippen molar-refractivity contribution in [3.8, 4) is 0 Å². The summed E-state index contributed by atoms with van der Waals surface area (Å²) in [6, 6.07) is 4.85. The maximum atomic E-state index is 11.9. The lowest BCUT2D eigenvalue weighted by Crippen LogP contribution is -2.26. The summed E-state index contributed by atoms with van der Waals surface area (Å²) in [6.45, 7) is -0.285. The normalized spacial score (nSPS) is 12.1. The highest BCUT2D eigenvalue weighted by atomic mass is 32.2. The Morgan fingerprint density at radius 2 is 2.24 bits per heavy atom. The number of sulfonamides is 1. The molecule has 0 aliphatic rings. The Morgan fingerprint density at radius 1 is 1.47 bits per heavy atom. The third-order valence-corrected chi connectivity index (χ3v) is 4.43. The van der Waals surface area contributed by atoms with E-state index < -0.39 is 10.0 Å². The average molecular weight is 273 g/mol. The Morgan fingerprint density at radius 3 is 2.94 bits per heavy atom. The second-order valence-electron chi connectivity index (χ2n) is 3.28. The smallest absolute Gasteiger partial charge is 0.242 e. The molecule has 1 aromatic carbocycles. The van der Waals surface area contributed by atoms with Crippen molar-refractivity contribution < 1.29 is 13.5 Å². The standard InChI is InChI=1S/C9H11N3O3S2/c10-9-12-8-6(16-9)2-1-3-7(8)17(14,15)11-4-5-13/h1-3,11,13H,4-5H2,(H2,10,12). The summed E-state index contributed by atoms with van der Waals surface area (Å²) in [5.41, 5.74) is 5.92. The number of nitrogens with zero attached hydrogens (tertiary/aromatic N) is 1. The lowest BCUT2D eigenvalue weighted by molar-refractivity contribution is 0.301. The van der Waals surface area contributed by atoms with Crippen LogP contribution in [0.2, 0.25) is 0 Å². The largest absolute Gasteiger partial charge is 0.395 e. The minimum atomic E-state index is -3.66. The molecule has 0 fully saturated rings. The zero-order chi connectivity index (χ0) is 12.5. The molecule has 0 unspecified atom stereocenters. The predicted molar refractivity (Wildman–Crippen MR) is 66.3 cm³/mol. The van der Waals surface area contributed by atoms with E-state index in [2.05, 4.69) is 9.71 Å². The number of para-hydroxylation sites is 1. The van der Waals surface area contributed by atoms with Crippen molar-refractivity contribution in [3.05, 3.63) is 18.2 Å². The van der Waals surface area contributed by atoms with Crippen LogP contribution in [0.4, 0.5) is 5.13 Å². The van der Waals surface area contributed by atoms with Crippen molar-refractivity contribution in [1.82, 2.24) is 9.71 Å². The number of hydrogen-bond acceptors (Lipinski definition) is 6. The maximum absolute atomic E-state index is 11.9. The number of aliphatic hydroxyl groups excluding tert-OH is 1. The van der Waals surface area contributed by atoms with Gasteiger partial charge >= 0.3 is 0 Å². The van der Waals surface area contributed by atoms with Crippen molar-refractivity contribution in [2.75, 3.05) is 18.9 Å². The first-order chi connectivity index (χ1) is 8.04. The van der Waals surface area contributed by atoms with Crippen LogP contribution in [0.25, 0.3) is 10.2 Å². The molecule has 0 spiro atoms. The molecule has 1 aromatic heterocycles. The number of aliphatic hydroxyl groups is 1. The molecular formula is C9H11N3O3S2. The van der Waals surface area contributed by atoms with E-state index in [0.29, 0.717) is 10.6 Å². The molecule has 0 amide bonds. The molecule has 6 nitrogen and oxygen atoms in total. The summed E-state index contributed by atoms with van der Waals surface area (Å²) in [7, 11) is -3.66. The van der Waals surface area contributed by atoms with Gasteiger partial charge in [0, 0.05) is 6.54 Å². The van der Waals surface area contributed by atoms with Crippen molar-refractivity contribution in [3.63, 3.8) is 0 Å². The van der Waals surface area contributed by atoms with Gasteiger partial charge in [-0.25, -0.2) is 18.1 Å². The molecule has 92 valence electrons. The number of aromatic nitrogens is 1. The fraction of sp³-hybridized carbons (Fsp3) is 0.222. The zero-order valence-electron chi connectivity index (χ0n) is 8.75. The molecule has 0 aliphatic heterocycles. The van der Waals surface area contributed by atoms with E-state index in [1.807, 2.05) is 0 Å². The number of fused-ring (bicyclic) bond motifs is 1. The van der Waals surface area contributed by atoms with E-state index in [9.17, 15) is 8.42 Å². The Balaban J connectivity index is 2.55. The van der Waals surface area contributed by atoms with Gasteiger partial charge in [-0.2, -0.15) is 0 Å². The van der Waals surface area contributed by atoms with Gasteiger partial charge in [-0.3, -0.25) is 0 Å². The van der Waals surface area contributed by atoms with Crippen LogP contribution in [-0.4, -0.2) is 31.7 Å². The van der Waals surface area contributed by atoms with E-state index in [-0.39, 0.29) is 18.0 Å². The van der Waals surface area contributed by atoms with E-state index >= 15 is 0 Å². The number of hydrogen-bond donors (Lipinski definition) is 3. The number of rotatable bonds is 4. The Hall–Kier alpha value is -1.22. The molecule has 17 heavy (non-hydrogen) atoms. The SMILES string of the molecule is Nc1nc2c(S(=O)(=O)NCCO)cccc2s1. The highest BCUT2D eigenvalue weighted by Crippen LogP contribution is 2.28. The van der Waals surface area contributed by atoms with Crippen molar-refractivity contribution >= 4 is 36.7 Å². The molecule has 8 heteroatoms. The van der Waals surface area contributed by atoms with Crippen LogP contribution in [0, 0.1) is 0 Å². The van der Waals surface area contributed by atoms with Gasteiger partial charge < -0.3 is 10.8 Å². The topological polar surface area (TPSA) is 105 Å². The highest BCUT2D eigenvalue weighted by molar-refractivity contribution is 7.89. The summed E-state index contributed by atoms with van der Waals surface area (Å²) < 4.78 is 26.8. The molecule has 2 rings (SSSR count). The van der Waals surface area contributed by atoms with Gasteiger partial charge in [0.05, 0.1) is 11.3 Å². The fourth-order valence-corrected chi connectivity index (χ4v) is 3.42. The van der Waals surface area contributed by atoms with Crippen LogP contribution < -0.4 is 10.5 Å². The molecule has 0 bridgehead atoms. The third-order valence-electron chi connectivity index (χ3n) is 2.09. The molecule has 0 saturated heterocycles. The lowest BCUT2D eigenvalue weighted by Gasteiger charge is -2.05. The van der Waals surface area contributed by atoms with Crippen LogP contribution in [-0.2, 0) is 10.0 Å². The Kier molecular flexibility index (Phi) is 3.29. The molecule has 0 radical (unpaired) electrons. The van der Waals surface area contributed by atoms with Gasteiger partial charge in [-0.15, -0.1) is 0 Å². The second-order valence-corrected chi connectivity index (χ2v) is 6.07. The van der Waals surface area contributed by atoms with Crippen molar-refractivity contribution in [1.29, 1.82) is 0 Å². The fourth-order valence-electron chi connectivity index (χ4n) is 1.42. The third kappa shape index (κ3) is 2.39. The van der Waals surface area contributed by atoms with E-state index in [1.54, 1.807) is 12.1 Å². The molecular weight excluding hydrogens is 262 g/mol. The molecule has 0 aliphatic carbocycles. The molecule has 1 heterocycles. The van der Waals surface area contributed by atoms with Crippen LogP contribution in [0.15, 0.2) is 23.1 Å². The summed E-state index contributed by atoms with van der Waals surface area (Å²) in [6.07, 6.45) is 0. The maximum Gasteiger partial charge on any atom is 0.242 e. The monoisotopic (exact) mass is 273 g/mol. The minimum absolute atomic E-state index is 0.0294. The molecule has 0 saturated carbocycles. The van der Waals surface area contributed by atoms with Crippen molar-refractivity contribution in [2.24, 2.45) is 0 Å². The number of nitrogens with two attached hydrogens (primary N) is 1. The van der Waals surface area contributed by atoms with E-state index in [0.717, 1.165) is 4.70 Å². The number of nitrogens with one attached hydrogen (secondary N) is 1. The van der Waals surface area contributed by atoms with Gasteiger partial charge in [-0.05, 0) is 12.1 Å². The van der Waals surface area contributed by atoms with E-state index in [4.69, 9.17) is 10.8 Å². The summed E-state index contributed by atoms with van der Waals surface area (Å²) in [5, 5.41) is 8.96. The molecule has 4 N–H and O–H groups in total. The van der Waals surface area contributed by atoms with Gasteiger partial charge in [-0.1, -0.05) is 17.4 Å². The van der Waals surface area contributed by atoms with Crippen LogP contribution >= 0.6 is 11.3 Å². The highest BCUT2D eigenvalue weighted by Gasteiger charge is 2.18. The average Bonchev–Trinajstić information content (AvgIpc) is 2.65. The quantitative estimate of drug-likeness (QED) is 0.735. The van der Waals surface area contributed by atoms with Gasteiger partial charge in [0.15, 0.2) is 5.13 Å². The molecule has 2 aromatic rings. The van der Waals surface area contributed by atoms with Crippen molar-refractivity contribution in [2.45, 2.75) is 4.90 Å². The molecule has 0 atom stereocenters. The second kappa shape index (κ2) is 4.57. The Labute approximate surface area is 102 Å². The lowest BCUT2D eigenvalue weighted by atomic mass is 10.3. The number of benzene rings is 1. The summed E-state index contributed by atoms with van der Waals surface area (Å²) in [4.78, 5) is 4.08. The number of thiazole rings is 1. The first-order valence-electron chi connectivity index (χ1n) is 4.80. The Bertz CT molecular complexity index is 636. The van der Waals surface area contributed by atoms with Crippen LogP contribution in [0.3, 0.4) is 0 Å². The van der Waals surface area contributed by atoms with Gasteiger partial charge in [0.25, 0.3) is 0 Å². The minimum Gasteiger partial charge on any atom is -0.395 e. The van der Waals surface area contributed by atoms with Crippen LogP contribution in [0.5, 0.6) is 0 Å². The van der Waals surface area contributed by atoms with E-state index in [1.165, 1.54) is 17.4 Å². The number of anilines is 1. The summed E-state index contributed by atoms with van der Waals surface area (Å²) in [5.74, 6) is 0. The predicted octanol–water partition coefficient (Wildman–Crippen LogP) is 0.149. The first kappa shape index (κ1) is 12.2. The number of nitrogen functional groups attached to an aromatic ring is 1.